The van der Waals surface area contributed by atoms with Gasteiger partial charge in [-0.05, 0) is 0 Å². The lowest BCUT2D eigenvalue weighted by molar-refractivity contribution is 0.596. The van der Waals surface area contributed by atoms with Crippen molar-refractivity contribution in [3.05, 3.63) is 0 Å². The summed E-state index contributed by atoms with van der Waals surface area (Å²) in [6, 6.07) is 0. The van der Waals surface area contributed by atoms with Crippen molar-refractivity contribution in [3.63, 3.8) is 0 Å². The van der Waals surface area contributed by atoms with Crippen LogP contribution in [0.2, 0.25) is 0 Å². The highest BCUT2D eigenvalue weighted by Gasteiger charge is 1.91. The van der Waals surface area contributed by atoms with Gasteiger partial charge < -0.3 is 10.2 Å². The maximum atomic E-state index is 3.94. The Kier molecular flexibility index (Phi) is 7.53. The van der Waals surface area contributed by atoms with Gasteiger partial charge in [-0.2, -0.15) is 0 Å². The minimum absolute atomic E-state index is 0. The molecule has 0 rings (SSSR count). The Balaban J connectivity index is 0. The van der Waals surface area contributed by atoms with Crippen molar-refractivity contribution in [2.24, 2.45) is 4.99 Å². The molecule has 0 radical (unpaired) electrons. The maximum Gasteiger partial charge on any atom is 0.192 e. The van der Waals surface area contributed by atoms with Gasteiger partial charge >= 0.3 is 0 Å². The predicted octanol–water partition coefficient (Wildman–Crippen LogP) is 0.331. The summed E-state index contributed by atoms with van der Waals surface area (Å²) in [4.78, 5) is 5.85. The van der Waals surface area contributed by atoms with E-state index in [1.165, 1.54) is 0 Å². The van der Waals surface area contributed by atoms with Crippen LogP contribution in [0, 0.1) is 0 Å². The lowest BCUT2D eigenvalue weighted by Gasteiger charge is -2.12. The first-order valence-electron chi connectivity index (χ1n) is 2.54. The highest BCUT2D eigenvalue weighted by atomic mass is 79.9. The van der Waals surface area contributed by atoms with E-state index in [9.17, 15) is 0 Å². The zero-order valence-corrected chi connectivity index (χ0v) is 8.02. The van der Waals surface area contributed by atoms with E-state index in [1.807, 2.05) is 26.0 Å². The Labute approximate surface area is 66.9 Å². The fraction of sp³-hybridized carbons (Fsp3) is 0.800. The molecule has 0 amide bonds. The third-order valence-corrected chi connectivity index (χ3v) is 0.859. The van der Waals surface area contributed by atoms with Gasteiger partial charge in [0.2, 0.25) is 0 Å². The highest BCUT2D eigenvalue weighted by molar-refractivity contribution is 8.93. The summed E-state index contributed by atoms with van der Waals surface area (Å²) >= 11 is 0. The monoisotopic (exact) mass is 195 g/mol. The van der Waals surface area contributed by atoms with Crippen molar-refractivity contribution in [1.29, 1.82) is 0 Å². The van der Waals surface area contributed by atoms with Crippen LogP contribution in [0.1, 0.15) is 0 Å². The van der Waals surface area contributed by atoms with Crippen LogP contribution < -0.4 is 5.32 Å². The quantitative estimate of drug-likeness (QED) is 0.446. The van der Waals surface area contributed by atoms with E-state index in [0.29, 0.717) is 0 Å². The molecular weight excluding hydrogens is 182 g/mol. The van der Waals surface area contributed by atoms with Gasteiger partial charge in [0.05, 0.1) is 0 Å². The number of halogens is 1. The number of rotatable bonds is 0. The average molecular weight is 196 g/mol. The van der Waals surface area contributed by atoms with Crippen LogP contribution in [-0.2, 0) is 0 Å². The molecule has 0 bridgehead atoms. The lowest BCUT2D eigenvalue weighted by Crippen LogP contribution is -2.33. The first-order valence-corrected chi connectivity index (χ1v) is 2.54. The van der Waals surface area contributed by atoms with Gasteiger partial charge in [0.15, 0.2) is 5.96 Å². The van der Waals surface area contributed by atoms with Crippen molar-refractivity contribution < 1.29 is 0 Å². The summed E-state index contributed by atoms with van der Waals surface area (Å²) in [5.74, 6) is 0.894. The standard InChI is InChI=1S/C5H13N3.BrH/c1-6-5(7-2)8(3)4;/h1-4H3,(H,6,7);1H. The van der Waals surface area contributed by atoms with E-state index in [0.717, 1.165) is 5.96 Å². The fourth-order valence-corrected chi connectivity index (χ4v) is 0.535. The number of hydrogen-bond acceptors (Lipinski definition) is 1. The first kappa shape index (κ1) is 11.5. The van der Waals surface area contributed by atoms with Gasteiger partial charge in [-0.3, -0.25) is 4.99 Å². The normalized spacial score (nSPS) is 10.0. The summed E-state index contributed by atoms with van der Waals surface area (Å²) < 4.78 is 0. The summed E-state index contributed by atoms with van der Waals surface area (Å²) in [5.41, 5.74) is 0. The molecule has 9 heavy (non-hydrogen) atoms. The van der Waals surface area contributed by atoms with Crippen LogP contribution in [0.25, 0.3) is 0 Å². The second-order valence-corrected chi connectivity index (χ2v) is 1.69. The molecule has 0 aromatic heterocycles. The van der Waals surface area contributed by atoms with Crippen LogP contribution in [-0.4, -0.2) is 39.1 Å². The molecule has 0 aliphatic rings. The molecule has 0 heterocycles. The number of nitrogens with one attached hydrogen (secondary N) is 1. The van der Waals surface area contributed by atoms with Gasteiger partial charge in [-0.15, -0.1) is 17.0 Å². The van der Waals surface area contributed by atoms with Crippen LogP contribution in [0.4, 0.5) is 0 Å². The molecule has 3 nitrogen and oxygen atoms in total. The maximum absolute atomic E-state index is 3.94. The van der Waals surface area contributed by atoms with Gasteiger partial charge in [0.25, 0.3) is 0 Å². The molecule has 0 spiro atoms. The second kappa shape index (κ2) is 5.88. The van der Waals surface area contributed by atoms with Crippen molar-refractivity contribution in [1.82, 2.24) is 10.2 Å². The molecule has 1 N–H and O–H groups in total. The van der Waals surface area contributed by atoms with Gasteiger partial charge in [-0.25, -0.2) is 0 Å². The SMILES string of the molecule is Br.CN=C(NC)N(C)C. The van der Waals surface area contributed by atoms with Gasteiger partial charge in [0, 0.05) is 28.2 Å². The molecule has 0 aliphatic heterocycles. The molecule has 4 heteroatoms. The van der Waals surface area contributed by atoms with Crippen LogP contribution in [0.5, 0.6) is 0 Å². The Morgan fingerprint density at radius 1 is 1.44 bits per heavy atom. The largest absolute Gasteiger partial charge is 0.359 e. The summed E-state index contributed by atoms with van der Waals surface area (Å²) in [5, 5.41) is 2.93. The summed E-state index contributed by atoms with van der Waals surface area (Å²) in [7, 11) is 7.49. The predicted molar refractivity (Wildman–Crippen MR) is 46.4 cm³/mol. The van der Waals surface area contributed by atoms with E-state index in [1.54, 1.807) is 7.05 Å². The Morgan fingerprint density at radius 3 is 1.89 bits per heavy atom. The third kappa shape index (κ3) is 4.27. The number of guanidine groups is 1. The first-order chi connectivity index (χ1) is 3.72. The molecule has 0 unspecified atom stereocenters. The molecule has 0 atom stereocenters. The van der Waals surface area contributed by atoms with Gasteiger partial charge in [0.1, 0.15) is 0 Å². The van der Waals surface area contributed by atoms with Crippen molar-refractivity contribution in [3.8, 4) is 0 Å². The smallest absolute Gasteiger partial charge is 0.192 e. The second-order valence-electron chi connectivity index (χ2n) is 1.69. The topological polar surface area (TPSA) is 27.6 Å². The van der Waals surface area contributed by atoms with E-state index in [4.69, 9.17) is 0 Å². The molecule has 0 saturated carbocycles. The number of nitrogens with zero attached hydrogens (tertiary/aromatic N) is 2. The van der Waals surface area contributed by atoms with E-state index >= 15 is 0 Å². The van der Waals surface area contributed by atoms with Crippen molar-refractivity contribution in [2.75, 3.05) is 28.2 Å². The minimum atomic E-state index is 0. The highest BCUT2D eigenvalue weighted by Crippen LogP contribution is 1.73. The lowest BCUT2D eigenvalue weighted by atomic mass is 10.8. The Hall–Kier alpha value is -0.250. The van der Waals surface area contributed by atoms with E-state index in [2.05, 4.69) is 10.3 Å². The van der Waals surface area contributed by atoms with Crippen LogP contribution in [0.15, 0.2) is 4.99 Å². The van der Waals surface area contributed by atoms with E-state index in [-0.39, 0.29) is 17.0 Å². The van der Waals surface area contributed by atoms with Crippen molar-refractivity contribution >= 4 is 22.9 Å². The Bertz CT molecular complexity index is 90.2. The third-order valence-electron chi connectivity index (χ3n) is 0.859. The zero-order valence-electron chi connectivity index (χ0n) is 6.30. The average Bonchev–Trinajstić information content (AvgIpc) is 1.69. The van der Waals surface area contributed by atoms with Crippen molar-refractivity contribution in [2.45, 2.75) is 0 Å². The molecular formula is C5H14BrN3. The fourth-order valence-electron chi connectivity index (χ4n) is 0.535. The van der Waals surface area contributed by atoms with E-state index < -0.39 is 0 Å². The minimum Gasteiger partial charge on any atom is -0.359 e. The van der Waals surface area contributed by atoms with Crippen LogP contribution in [0.3, 0.4) is 0 Å². The number of hydrogen-bond donors (Lipinski definition) is 1. The molecule has 0 aliphatic carbocycles. The molecule has 56 valence electrons. The Morgan fingerprint density at radius 2 is 1.89 bits per heavy atom. The number of aliphatic imine (C=N–C) groups is 1. The van der Waals surface area contributed by atoms with Crippen LogP contribution >= 0.6 is 17.0 Å². The zero-order chi connectivity index (χ0) is 6.57. The molecule has 0 fully saturated rings. The molecule has 0 aromatic carbocycles. The summed E-state index contributed by atoms with van der Waals surface area (Å²) in [6.45, 7) is 0. The molecule has 0 aromatic rings. The molecule has 0 saturated heterocycles. The van der Waals surface area contributed by atoms with Gasteiger partial charge in [-0.1, -0.05) is 0 Å². The summed E-state index contributed by atoms with van der Waals surface area (Å²) in [6.07, 6.45) is 0.